The van der Waals surface area contributed by atoms with Crippen molar-refractivity contribution in [3.05, 3.63) is 71.8 Å². The van der Waals surface area contributed by atoms with Crippen LogP contribution in [0.3, 0.4) is 0 Å². The van der Waals surface area contributed by atoms with E-state index in [-0.39, 0.29) is 5.78 Å². The first-order valence-corrected chi connectivity index (χ1v) is 6.16. The number of carbonyl (C=O) groups is 1. The van der Waals surface area contributed by atoms with Gasteiger partial charge in [0.05, 0.1) is 10.8 Å². The SMILES string of the molecule is O=C(C=Cc1ccccc1N=C=S)c1ccccc1. The molecule has 0 fully saturated rings. The molecular formula is C16H11NOS. The predicted octanol–water partition coefficient (Wildman–Crippen LogP) is 4.32. The summed E-state index contributed by atoms with van der Waals surface area (Å²) in [6, 6.07) is 16.6. The summed E-state index contributed by atoms with van der Waals surface area (Å²) in [6.45, 7) is 0. The fourth-order valence-electron chi connectivity index (χ4n) is 1.64. The standard InChI is InChI=1S/C16H11NOS/c18-16(14-7-2-1-3-8-14)11-10-13-6-4-5-9-15(13)17-12-19/h1-11H. The van der Waals surface area contributed by atoms with Crippen LogP contribution in [0.1, 0.15) is 15.9 Å². The summed E-state index contributed by atoms with van der Waals surface area (Å²) < 4.78 is 0. The number of carbonyl (C=O) groups excluding carboxylic acids is 1. The van der Waals surface area contributed by atoms with Crippen molar-refractivity contribution in [1.82, 2.24) is 0 Å². The van der Waals surface area contributed by atoms with Gasteiger partial charge < -0.3 is 0 Å². The van der Waals surface area contributed by atoms with E-state index in [1.807, 2.05) is 42.5 Å². The number of allylic oxidation sites excluding steroid dienone is 1. The molecule has 0 N–H and O–H groups in total. The zero-order chi connectivity index (χ0) is 13.5. The Bertz CT molecular complexity index is 655. The zero-order valence-electron chi connectivity index (χ0n) is 10.1. The van der Waals surface area contributed by atoms with Crippen LogP contribution in [0.25, 0.3) is 6.08 Å². The van der Waals surface area contributed by atoms with Crippen LogP contribution in [0.2, 0.25) is 0 Å². The van der Waals surface area contributed by atoms with E-state index >= 15 is 0 Å². The van der Waals surface area contributed by atoms with Crippen LogP contribution >= 0.6 is 12.2 Å². The van der Waals surface area contributed by atoms with Crippen LogP contribution in [0.15, 0.2) is 65.7 Å². The highest BCUT2D eigenvalue weighted by Crippen LogP contribution is 2.19. The minimum atomic E-state index is -0.0401. The monoisotopic (exact) mass is 265 g/mol. The molecule has 0 spiro atoms. The van der Waals surface area contributed by atoms with Gasteiger partial charge in [0.15, 0.2) is 5.78 Å². The van der Waals surface area contributed by atoms with Gasteiger partial charge in [-0.05, 0) is 30.4 Å². The smallest absolute Gasteiger partial charge is 0.185 e. The van der Waals surface area contributed by atoms with Crippen molar-refractivity contribution in [3.63, 3.8) is 0 Å². The molecule has 0 aliphatic heterocycles. The molecule has 2 aromatic rings. The first-order valence-electron chi connectivity index (χ1n) is 5.75. The van der Waals surface area contributed by atoms with E-state index < -0.39 is 0 Å². The Labute approximate surface area is 117 Å². The van der Waals surface area contributed by atoms with Gasteiger partial charge in [0.25, 0.3) is 0 Å². The molecule has 0 heterocycles. The van der Waals surface area contributed by atoms with Gasteiger partial charge in [-0.1, -0.05) is 48.5 Å². The van der Waals surface area contributed by atoms with E-state index in [4.69, 9.17) is 0 Å². The second-order valence-electron chi connectivity index (χ2n) is 3.83. The largest absolute Gasteiger partial charge is 0.289 e. The van der Waals surface area contributed by atoms with Crippen molar-refractivity contribution in [3.8, 4) is 0 Å². The van der Waals surface area contributed by atoms with Crippen LogP contribution < -0.4 is 0 Å². The Hall–Kier alpha value is -2.35. The van der Waals surface area contributed by atoms with Gasteiger partial charge in [0, 0.05) is 11.1 Å². The normalized spacial score (nSPS) is 10.1. The van der Waals surface area contributed by atoms with Crippen LogP contribution in [0.4, 0.5) is 5.69 Å². The first kappa shape index (κ1) is 13.1. The summed E-state index contributed by atoms with van der Waals surface area (Å²) in [6.07, 6.45) is 3.27. The zero-order valence-corrected chi connectivity index (χ0v) is 10.9. The summed E-state index contributed by atoms with van der Waals surface area (Å²) >= 11 is 4.60. The van der Waals surface area contributed by atoms with E-state index in [1.54, 1.807) is 18.2 Å². The molecule has 0 aromatic heterocycles. The molecule has 0 bridgehead atoms. The highest BCUT2D eigenvalue weighted by atomic mass is 32.1. The highest BCUT2D eigenvalue weighted by molar-refractivity contribution is 7.78. The van der Waals surface area contributed by atoms with E-state index in [2.05, 4.69) is 22.4 Å². The van der Waals surface area contributed by atoms with Crippen LogP contribution in [-0.4, -0.2) is 10.9 Å². The van der Waals surface area contributed by atoms with Crippen molar-refractivity contribution in [2.45, 2.75) is 0 Å². The molecule has 3 heteroatoms. The Morgan fingerprint density at radius 2 is 1.74 bits per heavy atom. The Kier molecular flexibility index (Phi) is 4.51. The van der Waals surface area contributed by atoms with Gasteiger partial charge >= 0.3 is 0 Å². The molecular weight excluding hydrogens is 254 g/mol. The lowest BCUT2D eigenvalue weighted by Crippen LogP contribution is -1.92. The van der Waals surface area contributed by atoms with Crippen LogP contribution in [-0.2, 0) is 0 Å². The number of ketones is 1. The predicted molar refractivity (Wildman–Crippen MR) is 80.9 cm³/mol. The number of rotatable bonds is 4. The van der Waals surface area contributed by atoms with E-state index in [0.29, 0.717) is 11.3 Å². The number of para-hydroxylation sites is 1. The third-order valence-corrected chi connectivity index (χ3v) is 2.67. The third kappa shape index (κ3) is 3.55. The van der Waals surface area contributed by atoms with E-state index in [0.717, 1.165) is 5.56 Å². The number of benzene rings is 2. The lowest BCUT2D eigenvalue weighted by atomic mass is 10.1. The number of hydrogen-bond acceptors (Lipinski definition) is 3. The maximum atomic E-state index is 11.9. The fraction of sp³-hybridized carbons (Fsp3) is 0. The summed E-state index contributed by atoms with van der Waals surface area (Å²) in [7, 11) is 0. The fourth-order valence-corrected chi connectivity index (χ4v) is 1.74. The maximum absolute atomic E-state index is 11.9. The van der Waals surface area contributed by atoms with Crippen molar-refractivity contribution >= 4 is 34.9 Å². The number of aliphatic imine (C=N–C) groups is 1. The van der Waals surface area contributed by atoms with Crippen molar-refractivity contribution in [2.75, 3.05) is 0 Å². The van der Waals surface area contributed by atoms with Crippen LogP contribution in [0, 0.1) is 0 Å². The highest BCUT2D eigenvalue weighted by Gasteiger charge is 2.01. The van der Waals surface area contributed by atoms with Gasteiger partial charge in [-0.15, -0.1) is 0 Å². The Morgan fingerprint density at radius 3 is 2.47 bits per heavy atom. The molecule has 0 radical (unpaired) electrons. The molecule has 0 aliphatic rings. The van der Waals surface area contributed by atoms with Gasteiger partial charge in [-0.25, -0.2) is 0 Å². The minimum absolute atomic E-state index is 0.0401. The van der Waals surface area contributed by atoms with Gasteiger partial charge in [0.2, 0.25) is 0 Å². The number of thiocarbonyl (C=S) groups is 1. The van der Waals surface area contributed by atoms with Crippen molar-refractivity contribution in [1.29, 1.82) is 0 Å². The average Bonchev–Trinajstić information content (AvgIpc) is 2.47. The molecule has 0 saturated heterocycles. The second-order valence-corrected chi connectivity index (χ2v) is 4.01. The first-order chi connectivity index (χ1) is 9.31. The minimum Gasteiger partial charge on any atom is -0.289 e. The summed E-state index contributed by atoms with van der Waals surface area (Å²) in [4.78, 5) is 15.9. The summed E-state index contributed by atoms with van der Waals surface area (Å²) in [5.74, 6) is -0.0401. The van der Waals surface area contributed by atoms with Crippen molar-refractivity contribution in [2.24, 2.45) is 4.99 Å². The third-order valence-electron chi connectivity index (χ3n) is 2.58. The average molecular weight is 265 g/mol. The molecule has 2 aromatic carbocycles. The molecule has 19 heavy (non-hydrogen) atoms. The van der Waals surface area contributed by atoms with Gasteiger partial charge in [0.1, 0.15) is 0 Å². The molecule has 0 saturated carbocycles. The lowest BCUT2D eigenvalue weighted by Gasteiger charge is -1.98. The number of nitrogens with zero attached hydrogens (tertiary/aromatic N) is 1. The molecule has 92 valence electrons. The number of hydrogen-bond donors (Lipinski definition) is 0. The van der Waals surface area contributed by atoms with Crippen molar-refractivity contribution < 1.29 is 4.79 Å². The Balaban J connectivity index is 2.24. The quantitative estimate of drug-likeness (QED) is 0.356. The van der Waals surface area contributed by atoms with Gasteiger partial charge in [-0.2, -0.15) is 4.99 Å². The summed E-state index contributed by atoms with van der Waals surface area (Å²) in [5.41, 5.74) is 2.20. The van der Waals surface area contributed by atoms with E-state index in [1.165, 1.54) is 6.08 Å². The maximum Gasteiger partial charge on any atom is 0.185 e. The number of isothiocyanates is 1. The molecule has 0 unspecified atom stereocenters. The van der Waals surface area contributed by atoms with E-state index in [9.17, 15) is 4.79 Å². The topological polar surface area (TPSA) is 29.4 Å². The second kappa shape index (κ2) is 6.55. The molecule has 0 amide bonds. The molecule has 0 atom stereocenters. The molecule has 2 nitrogen and oxygen atoms in total. The van der Waals surface area contributed by atoms with Gasteiger partial charge in [-0.3, -0.25) is 4.79 Å². The summed E-state index contributed by atoms with van der Waals surface area (Å²) in [5, 5.41) is 2.33. The molecule has 0 aliphatic carbocycles. The molecule has 2 rings (SSSR count). The lowest BCUT2D eigenvalue weighted by molar-refractivity contribution is 0.104. The Morgan fingerprint density at radius 1 is 1.05 bits per heavy atom. The van der Waals surface area contributed by atoms with Crippen LogP contribution in [0.5, 0.6) is 0 Å².